The van der Waals surface area contributed by atoms with E-state index < -0.39 is 8.32 Å². The van der Waals surface area contributed by atoms with E-state index in [0.29, 0.717) is 5.92 Å². The van der Waals surface area contributed by atoms with Gasteiger partial charge in [-0.2, -0.15) is 5.26 Å². The first-order valence-corrected chi connectivity index (χ1v) is 10.0. The molecule has 1 aromatic rings. The van der Waals surface area contributed by atoms with Gasteiger partial charge in [-0.3, -0.25) is 0 Å². The van der Waals surface area contributed by atoms with Crippen molar-refractivity contribution in [3.8, 4) is 6.07 Å². The van der Waals surface area contributed by atoms with Crippen molar-refractivity contribution < 1.29 is 4.43 Å². The number of fused-ring (bicyclic) bond motifs is 3. The lowest BCUT2D eigenvalue weighted by Crippen LogP contribution is -2.56. The van der Waals surface area contributed by atoms with E-state index in [4.69, 9.17) is 4.43 Å². The Morgan fingerprint density at radius 3 is 2.72 bits per heavy atom. The molecule has 94 valence electrons. The predicted molar refractivity (Wildman–Crippen MR) is 73.8 cm³/mol. The van der Waals surface area contributed by atoms with Crippen LogP contribution in [0.1, 0.15) is 23.5 Å². The zero-order valence-corrected chi connectivity index (χ0v) is 12.2. The summed E-state index contributed by atoms with van der Waals surface area (Å²) in [5, 5.41) is 9.28. The summed E-state index contributed by atoms with van der Waals surface area (Å²) in [4.78, 5) is 0. The van der Waals surface area contributed by atoms with Crippen LogP contribution in [0, 0.1) is 17.2 Å². The lowest BCUT2D eigenvalue weighted by molar-refractivity contribution is -0.0533. The molecule has 0 saturated heterocycles. The Labute approximate surface area is 110 Å². The van der Waals surface area contributed by atoms with Crippen LogP contribution in [0.15, 0.2) is 24.3 Å². The summed E-state index contributed by atoms with van der Waals surface area (Å²) in [5.41, 5.74) is 2.68. The molecule has 3 rings (SSSR count). The van der Waals surface area contributed by atoms with Crippen molar-refractivity contribution >= 4 is 8.32 Å². The van der Waals surface area contributed by atoms with E-state index >= 15 is 0 Å². The highest BCUT2D eigenvalue weighted by molar-refractivity contribution is 6.69. The highest BCUT2D eigenvalue weighted by atomic mass is 28.4. The summed E-state index contributed by atoms with van der Waals surface area (Å²) >= 11 is 0. The maximum absolute atomic E-state index is 9.28. The van der Waals surface area contributed by atoms with Crippen LogP contribution in [0.2, 0.25) is 19.6 Å². The maximum Gasteiger partial charge on any atom is 0.184 e. The SMILES string of the molecule is C[Si](C)(C)O[C@@]12Cc3ccccc3[C@@H]1[C@H](C#N)C2. The van der Waals surface area contributed by atoms with Gasteiger partial charge in [0.2, 0.25) is 0 Å². The van der Waals surface area contributed by atoms with Crippen LogP contribution in [0.25, 0.3) is 0 Å². The van der Waals surface area contributed by atoms with Crippen LogP contribution in [0.5, 0.6) is 0 Å². The maximum atomic E-state index is 9.28. The minimum Gasteiger partial charge on any atom is -0.411 e. The molecule has 0 radical (unpaired) electrons. The second-order valence-electron chi connectivity index (χ2n) is 6.57. The largest absolute Gasteiger partial charge is 0.411 e. The number of hydrogen-bond donors (Lipinski definition) is 0. The normalized spacial score (nSPS) is 33.2. The van der Waals surface area contributed by atoms with Crippen LogP contribution in [0.3, 0.4) is 0 Å². The molecule has 0 unspecified atom stereocenters. The lowest BCUT2D eigenvalue weighted by Gasteiger charge is -2.51. The van der Waals surface area contributed by atoms with E-state index in [9.17, 15) is 5.26 Å². The number of hydrogen-bond acceptors (Lipinski definition) is 2. The van der Waals surface area contributed by atoms with E-state index in [1.54, 1.807) is 0 Å². The van der Waals surface area contributed by atoms with Crippen molar-refractivity contribution in [1.29, 1.82) is 5.26 Å². The second-order valence-corrected chi connectivity index (χ2v) is 11.0. The van der Waals surface area contributed by atoms with Crippen molar-refractivity contribution in [3.05, 3.63) is 35.4 Å². The second kappa shape index (κ2) is 3.69. The average Bonchev–Trinajstić information content (AvgIpc) is 2.48. The first kappa shape index (κ1) is 11.9. The van der Waals surface area contributed by atoms with Crippen molar-refractivity contribution in [2.45, 2.75) is 44.0 Å². The van der Waals surface area contributed by atoms with E-state index in [2.05, 4.69) is 50.0 Å². The van der Waals surface area contributed by atoms with Crippen molar-refractivity contribution in [3.63, 3.8) is 0 Å². The molecule has 3 heteroatoms. The zero-order chi connectivity index (χ0) is 13.0. The molecule has 1 saturated carbocycles. The van der Waals surface area contributed by atoms with Gasteiger partial charge in [-0.05, 0) is 37.2 Å². The summed E-state index contributed by atoms with van der Waals surface area (Å²) in [6.07, 6.45) is 1.91. The molecule has 0 heterocycles. The number of rotatable bonds is 2. The average molecular weight is 257 g/mol. The third-order valence-electron chi connectivity index (χ3n) is 4.09. The van der Waals surface area contributed by atoms with Crippen molar-refractivity contribution in [2.75, 3.05) is 0 Å². The molecule has 2 nitrogen and oxygen atoms in total. The molecule has 0 N–H and O–H groups in total. The molecule has 0 spiro atoms. The van der Waals surface area contributed by atoms with Crippen LogP contribution >= 0.6 is 0 Å². The van der Waals surface area contributed by atoms with E-state index in [1.165, 1.54) is 11.1 Å². The molecule has 2 aliphatic carbocycles. The van der Waals surface area contributed by atoms with Gasteiger partial charge in [0.15, 0.2) is 8.32 Å². The molecule has 0 bridgehead atoms. The summed E-state index contributed by atoms with van der Waals surface area (Å²) in [5.74, 6) is 0.454. The van der Waals surface area contributed by atoms with Gasteiger partial charge in [0.25, 0.3) is 0 Å². The fraction of sp³-hybridized carbons (Fsp3) is 0.533. The standard InChI is InChI=1S/C15H19NOSi/c1-18(2,3)17-15-8-11-6-4-5-7-13(11)14(15)12(9-15)10-16/h4-7,12,14H,8-9H2,1-3H3/t12-,14-,15+/m0/s1. The van der Waals surface area contributed by atoms with Crippen LogP contribution in [0.4, 0.5) is 0 Å². The fourth-order valence-corrected chi connectivity index (χ4v) is 5.20. The topological polar surface area (TPSA) is 33.0 Å². The quantitative estimate of drug-likeness (QED) is 0.760. The lowest BCUT2D eigenvalue weighted by atomic mass is 9.62. The van der Waals surface area contributed by atoms with Gasteiger partial charge in [-0.15, -0.1) is 0 Å². The molecule has 18 heavy (non-hydrogen) atoms. The molecule has 0 amide bonds. The summed E-state index contributed by atoms with van der Waals surface area (Å²) in [6, 6.07) is 11.0. The van der Waals surface area contributed by atoms with E-state index in [1.807, 2.05) is 0 Å². The number of nitriles is 1. The van der Waals surface area contributed by atoms with Crippen molar-refractivity contribution in [2.24, 2.45) is 5.92 Å². The first-order valence-electron chi connectivity index (χ1n) is 6.63. The Morgan fingerprint density at radius 2 is 2.06 bits per heavy atom. The fourth-order valence-electron chi connectivity index (χ4n) is 3.70. The molecular formula is C15H19NOSi. The monoisotopic (exact) mass is 257 g/mol. The molecule has 0 aromatic heterocycles. The molecule has 0 aliphatic heterocycles. The van der Waals surface area contributed by atoms with Gasteiger partial charge in [0.1, 0.15) is 0 Å². The summed E-state index contributed by atoms with van der Waals surface area (Å²) in [6.45, 7) is 6.71. The van der Waals surface area contributed by atoms with Gasteiger partial charge in [-0.25, -0.2) is 0 Å². The van der Waals surface area contributed by atoms with Gasteiger partial charge < -0.3 is 4.43 Å². The Hall–Kier alpha value is -1.11. The highest BCUT2D eigenvalue weighted by Gasteiger charge is 2.60. The number of benzene rings is 1. The zero-order valence-electron chi connectivity index (χ0n) is 11.2. The van der Waals surface area contributed by atoms with Crippen LogP contribution in [-0.2, 0) is 10.8 Å². The predicted octanol–water partition coefficient (Wildman–Crippen LogP) is 3.46. The number of nitrogens with zero attached hydrogens (tertiary/aromatic N) is 1. The van der Waals surface area contributed by atoms with Gasteiger partial charge in [0.05, 0.1) is 17.6 Å². The Balaban J connectivity index is 1.99. The molecule has 1 aromatic carbocycles. The van der Waals surface area contributed by atoms with Crippen LogP contribution in [-0.4, -0.2) is 13.9 Å². The minimum absolute atomic E-state index is 0.0610. The molecular weight excluding hydrogens is 238 g/mol. The smallest absolute Gasteiger partial charge is 0.184 e. The summed E-state index contributed by atoms with van der Waals surface area (Å²) < 4.78 is 6.49. The Bertz CT molecular complexity index is 528. The summed E-state index contributed by atoms with van der Waals surface area (Å²) in [7, 11) is -1.58. The van der Waals surface area contributed by atoms with Crippen LogP contribution < -0.4 is 0 Å². The highest BCUT2D eigenvalue weighted by Crippen LogP contribution is 2.60. The molecule has 2 aliphatic rings. The van der Waals surface area contributed by atoms with E-state index in [0.717, 1.165) is 12.8 Å². The van der Waals surface area contributed by atoms with Gasteiger partial charge >= 0.3 is 0 Å². The third-order valence-corrected chi connectivity index (χ3v) is 5.11. The Kier molecular flexibility index (Phi) is 2.45. The molecule has 3 atom stereocenters. The Morgan fingerprint density at radius 1 is 1.33 bits per heavy atom. The van der Waals surface area contributed by atoms with Crippen molar-refractivity contribution in [1.82, 2.24) is 0 Å². The van der Waals surface area contributed by atoms with Gasteiger partial charge in [-0.1, -0.05) is 24.3 Å². The van der Waals surface area contributed by atoms with Gasteiger partial charge in [0, 0.05) is 12.3 Å². The first-order chi connectivity index (χ1) is 8.45. The van der Waals surface area contributed by atoms with E-state index in [-0.39, 0.29) is 11.5 Å². The minimum atomic E-state index is -1.58. The third kappa shape index (κ3) is 1.64. The molecule has 1 fully saturated rings.